The van der Waals surface area contributed by atoms with Crippen molar-refractivity contribution in [3.05, 3.63) is 39.1 Å². The fourth-order valence-electron chi connectivity index (χ4n) is 1.47. The van der Waals surface area contributed by atoms with Crippen molar-refractivity contribution in [1.29, 1.82) is 0 Å². The molecule has 1 amide bonds. The molecule has 6 heteroatoms. The third kappa shape index (κ3) is 2.58. The highest BCUT2D eigenvalue weighted by Crippen LogP contribution is 2.16. The largest absolute Gasteiger partial charge is 0.359 e. The van der Waals surface area contributed by atoms with Gasteiger partial charge in [0.2, 0.25) is 11.3 Å². The molecular formula is C11H8Br2N2O2. The molecule has 0 radical (unpaired) electrons. The first-order chi connectivity index (χ1) is 8.11. The van der Waals surface area contributed by atoms with Crippen molar-refractivity contribution in [3.63, 3.8) is 0 Å². The second kappa shape index (κ2) is 5.01. The van der Waals surface area contributed by atoms with Crippen LogP contribution in [0.2, 0.25) is 0 Å². The number of hydrogen-bond acceptors (Lipinski definition) is 2. The molecule has 0 bridgehead atoms. The number of amides is 1. The van der Waals surface area contributed by atoms with Crippen LogP contribution >= 0.6 is 31.9 Å². The Kier molecular flexibility index (Phi) is 3.63. The van der Waals surface area contributed by atoms with Gasteiger partial charge in [0.15, 0.2) is 0 Å². The maximum atomic E-state index is 12.1. The lowest BCUT2D eigenvalue weighted by Gasteiger charge is -2.04. The highest BCUT2D eigenvalue weighted by atomic mass is 79.9. The molecule has 2 N–H and O–H groups in total. The van der Waals surface area contributed by atoms with E-state index in [1.807, 2.05) is 6.07 Å². The molecule has 17 heavy (non-hydrogen) atoms. The molecule has 1 heterocycles. The number of halogens is 2. The van der Waals surface area contributed by atoms with Crippen LogP contribution in [0, 0.1) is 0 Å². The maximum Gasteiger partial charge on any atom is 0.235 e. The summed E-state index contributed by atoms with van der Waals surface area (Å²) in [5.74, 6) is -0.259. The van der Waals surface area contributed by atoms with E-state index in [0.29, 0.717) is 5.39 Å². The fraction of sp³-hybridized carbons (Fsp3) is 0.0909. The molecule has 0 saturated heterocycles. The van der Waals surface area contributed by atoms with Gasteiger partial charge in [0.25, 0.3) is 0 Å². The number of aromatic amines is 1. The number of alkyl halides is 1. The molecule has 2 rings (SSSR count). The number of nitrogens with one attached hydrogen (secondary N) is 2. The molecule has 4 nitrogen and oxygen atoms in total. The molecule has 0 aliphatic carbocycles. The topological polar surface area (TPSA) is 62.0 Å². The summed E-state index contributed by atoms with van der Waals surface area (Å²) in [6.07, 6.45) is 1.50. The van der Waals surface area contributed by atoms with Crippen molar-refractivity contribution >= 4 is 54.4 Å². The zero-order valence-electron chi connectivity index (χ0n) is 8.59. The van der Waals surface area contributed by atoms with Gasteiger partial charge in [-0.25, -0.2) is 0 Å². The van der Waals surface area contributed by atoms with Crippen molar-refractivity contribution in [1.82, 2.24) is 4.98 Å². The van der Waals surface area contributed by atoms with Crippen LogP contribution in [0.15, 0.2) is 33.7 Å². The number of H-pyrrole nitrogens is 1. The van der Waals surface area contributed by atoms with E-state index in [2.05, 4.69) is 42.2 Å². The van der Waals surface area contributed by atoms with Crippen LogP contribution in [-0.4, -0.2) is 16.2 Å². The van der Waals surface area contributed by atoms with Crippen LogP contribution in [-0.2, 0) is 4.79 Å². The van der Waals surface area contributed by atoms with Crippen LogP contribution in [0.5, 0.6) is 0 Å². The van der Waals surface area contributed by atoms with Gasteiger partial charge < -0.3 is 10.3 Å². The van der Waals surface area contributed by atoms with Crippen LogP contribution in [0.1, 0.15) is 0 Å². The summed E-state index contributed by atoms with van der Waals surface area (Å²) in [7, 11) is 0. The van der Waals surface area contributed by atoms with Gasteiger partial charge in [0.1, 0.15) is 5.69 Å². The van der Waals surface area contributed by atoms with E-state index >= 15 is 0 Å². The van der Waals surface area contributed by atoms with Gasteiger partial charge in [-0.05, 0) is 18.2 Å². The Hall–Kier alpha value is -1.14. The van der Waals surface area contributed by atoms with Crippen LogP contribution < -0.4 is 10.7 Å². The van der Waals surface area contributed by atoms with E-state index in [-0.39, 0.29) is 22.4 Å². The van der Waals surface area contributed by atoms with Gasteiger partial charge in [-0.15, -0.1) is 0 Å². The highest BCUT2D eigenvalue weighted by molar-refractivity contribution is 9.10. The lowest BCUT2D eigenvalue weighted by Crippen LogP contribution is -2.19. The van der Waals surface area contributed by atoms with E-state index in [4.69, 9.17) is 0 Å². The molecule has 1 aromatic carbocycles. The zero-order chi connectivity index (χ0) is 12.4. The number of pyridine rings is 1. The molecule has 0 atom stereocenters. The minimum Gasteiger partial charge on any atom is -0.359 e. The number of rotatable bonds is 2. The van der Waals surface area contributed by atoms with Crippen molar-refractivity contribution in [2.75, 3.05) is 10.6 Å². The van der Waals surface area contributed by atoms with Crippen molar-refractivity contribution < 1.29 is 4.79 Å². The van der Waals surface area contributed by atoms with Crippen LogP contribution in [0.25, 0.3) is 10.9 Å². The van der Waals surface area contributed by atoms with Crippen LogP contribution in [0.4, 0.5) is 5.69 Å². The van der Waals surface area contributed by atoms with Crippen molar-refractivity contribution in [2.45, 2.75) is 0 Å². The molecule has 0 unspecified atom stereocenters. The molecule has 1 aromatic heterocycles. The first-order valence-electron chi connectivity index (χ1n) is 4.78. The summed E-state index contributed by atoms with van der Waals surface area (Å²) in [6.45, 7) is 0. The quantitative estimate of drug-likeness (QED) is 0.809. The summed E-state index contributed by atoms with van der Waals surface area (Å²) in [4.78, 5) is 26.2. The maximum absolute atomic E-state index is 12.1. The third-order valence-corrected chi connectivity index (χ3v) is 3.24. The van der Waals surface area contributed by atoms with Crippen molar-refractivity contribution in [3.8, 4) is 0 Å². The van der Waals surface area contributed by atoms with E-state index in [0.717, 1.165) is 9.99 Å². The molecule has 0 fully saturated rings. The van der Waals surface area contributed by atoms with Gasteiger partial charge in [-0.2, -0.15) is 0 Å². The Morgan fingerprint density at radius 3 is 2.88 bits per heavy atom. The number of aromatic nitrogens is 1. The molecule has 2 aromatic rings. The normalized spacial score (nSPS) is 10.5. The van der Waals surface area contributed by atoms with E-state index in [1.165, 1.54) is 6.20 Å². The first-order valence-corrected chi connectivity index (χ1v) is 6.70. The smallest absolute Gasteiger partial charge is 0.235 e. The average Bonchev–Trinajstić information content (AvgIpc) is 2.33. The minimum absolute atomic E-state index is 0.156. The lowest BCUT2D eigenvalue weighted by atomic mass is 10.2. The van der Waals surface area contributed by atoms with E-state index in [9.17, 15) is 9.59 Å². The Labute approximate surface area is 114 Å². The van der Waals surface area contributed by atoms with E-state index < -0.39 is 0 Å². The lowest BCUT2D eigenvalue weighted by molar-refractivity contribution is -0.113. The average molecular weight is 360 g/mol. The Balaban J connectivity index is 2.57. The molecule has 88 valence electrons. The summed E-state index contributed by atoms with van der Waals surface area (Å²) < 4.78 is 0.819. The number of anilines is 1. The van der Waals surface area contributed by atoms with Gasteiger partial charge in [-0.1, -0.05) is 31.9 Å². The number of carbonyl (C=O) groups excluding carboxylic acids is 1. The monoisotopic (exact) mass is 358 g/mol. The first kappa shape index (κ1) is 12.3. The minimum atomic E-state index is -0.259. The number of carbonyl (C=O) groups is 1. The summed E-state index contributed by atoms with van der Waals surface area (Å²) in [5, 5.41) is 3.22. The van der Waals surface area contributed by atoms with Gasteiger partial charge in [0, 0.05) is 21.6 Å². The summed E-state index contributed by atoms with van der Waals surface area (Å²) >= 11 is 6.33. The van der Waals surface area contributed by atoms with Crippen LogP contribution in [0.3, 0.4) is 0 Å². The van der Waals surface area contributed by atoms with Crippen molar-refractivity contribution in [2.24, 2.45) is 0 Å². The Bertz CT molecular complexity index is 637. The molecular weight excluding hydrogens is 352 g/mol. The Morgan fingerprint density at radius 1 is 1.41 bits per heavy atom. The van der Waals surface area contributed by atoms with Gasteiger partial charge >= 0.3 is 0 Å². The van der Waals surface area contributed by atoms with Gasteiger partial charge in [-0.3, -0.25) is 9.59 Å². The number of benzene rings is 1. The SMILES string of the molecule is O=C(CBr)Nc1c[nH]c2ccc(Br)cc2c1=O. The molecule has 0 saturated carbocycles. The standard InChI is InChI=1S/C11H8Br2N2O2/c12-4-10(16)15-9-5-14-8-2-1-6(13)3-7(8)11(9)17/h1-3,5H,4H2,(H,14,17)(H,15,16). The molecule has 0 aliphatic heterocycles. The third-order valence-electron chi connectivity index (χ3n) is 2.24. The summed E-state index contributed by atoms with van der Waals surface area (Å²) in [6, 6.07) is 5.36. The highest BCUT2D eigenvalue weighted by Gasteiger charge is 2.07. The molecule has 0 aliphatic rings. The zero-order valence-corrected chi connectivity index (χ0v) is 11.8. The number of hydrogen-bond donors (Lipinski definition) is 2. The predicted octanol–water partition coefficient (Wildman–Crippen LogP) is 2.62. The number of fused-ring (bicyclic) bond motifs is 1. The second-order valence-electron chi connectivity index (χ2n) is 3.40. The molecule has 0 spiro atoms. The Morgan fingerprint density at radius 2 is 2.18 bits per heavy atom. The van der Waals surface area contributed by atoms with E-state index in [1.54, 1.807) is 12.1 Å². The second-order valence-corrected chi connectivity index (χ2v) is 4.88. The summed E-state index contributed by atoms with van der Waals surface area (Å²) in [5.41, 5.74) is 0.782. The van der Waals surface area contributed by atoms with Gasteiger partial charge in [0.05, 0.1) is 5.33 Å². The fourth-order valence-corrected chi connectivity index (χ4v) is 1.97. The predicted molar refractivity (Wildman–Crippen MR) is 74.7 cm³/mol.